The summed E-state index contributed by atoms with van der Waals surface area (Å²) in [6.45, 7) is 4.65. The van der Waals surface area contributed by atoms with E-state index in [-0.39, 0.29) is 24.2 Å². The molecule has 1 saturated heterocycles. The molecule has 2 heterocycles. The van der Waals surface area contributed by atoms with Gasteiger partial charge in [0.15, 0.2) is 0 Å². The Morgan fingerprint density at radius 2 is 2.12 bits per heavy atom. The molecule has 7 heteroatoms. The highest BCUT2D eigenvalue weighted by molar-refractivity contribution is 7.15. The predicted octanol–water partition coefficient (Wildman–Crippen LogP) is 3.53. The van der Waals surface area contributed by atoms with Gasteiger partial charge in [-0.2, -0.15) is 0 Å². The van der Waals surface area contributed by atoms with Crippen molar-refractivity contribution in [1.29, 1.82) is 0 Å². The molecule has 1 saturated carbocycles. The number of hydrogen-bond donors (Lipinski definition) is 1. The van der Waals surface area contributed by atoms with Crippen LogP contribution in [0.3, 0.4) is 0 Å². The normalized spacial score (nSPS) is 20.0. The first-order chi connectivity index (χ1) is 12.5. The van der Waals surface area contributed by atoms with E-state index in [1.807, 2.05) is 18.2 Å². The van der Waals surface area contributed by atoms with E-state index in [1.165, 1.54) is 16.9 Å². The maximum atomic E-state index is 12.6. The van der Waals surface area contributed by atoms with Gasteiger partial charge in [-0.3, -0.25) is 9.59 Å². The predicted molar refractivity (Wildman–Crippen MR) is 102 cm³/mol. The summed E-state index contributed by atoms with van der Waals surface area (Å²) in [5.41, 5.74) is 2.05. The Balaban J connectivity index is 1.43. The number of benzene rings is 1. The highest BCUT2D eigenvalue weighted by Crippen LogP contribution is 2.42. The standard InChI is InChI=1S/C19H22N4O2S/c1-11(2)13-4-3-5-15(8-13)23-10-14(9-16(23)24)17(25)20-19-22-21-18(26-19)12-6-7-12/h3-5,8,11-12,14H,6-7,9-10H2,1-2H3,(H,20,22,25). The Kier molecular flexibility index (Phi) is 4.48. The fourth-order valence-corrected chi connectivity index (χ4v) is 4.09. The second kappa shape index (κ2) is 6.79. The molecular formula is C19H22N4O2S. The summed E-state index contributed by atoms with van der Waals surface area (Å²) in [7, 11) is 0. The van der Waals surface area contributed by atoms with Crippen LogP contribution in [-0.4, -0.2) is 28.6 Å². The summed E-state index contributed by atoms with van der Waals surface area (Å²) in [4.78, 5) is 26.7. The van der Waals surface area contributed by atoms with Crippen LogP contribution in [0.4, 0.5) is 10.8 Å². The van der Waals surface area contributed by atoms with Gasteiger partial charge in [0.1, 0.15) is 5.01 Å². The van der Waals surface area contributed by atoms with Gasteiger partial charge in [-0.1, -0.05) is 37.3 Å². The van der Waals surface area contributed by atoms with Crippen LogP contribution in [0.5, 0.6) is 0 Å². The molecule has 0 radical (unpaired) electrons. The van der Waals surface area contributed by atoms with Crippen LogP contribution >= 0.6 is 11.3 Å². The molecule has 1 N–H and O–H groups in total. The van der Waals surface area contributed by atoms with Crippen LogP contribution in [0, 0.1) is 5.92 Å². The summed E-state index contributed by atoms with van der Waals surface area (Å²) >= 11 is 1.44. The zero-order valence-corrected chi connectivity index (χ0v) is 15.8. The minimum Gasteiger partial charge on any atom is -0.312 e. The van der Waals surface area contributed by atoms with Crippen molar-refractivity contribution in [2.75, 3.05) is 16.8 Å². The minimum absolute atomic E-state index is 0.0120. The first-order valence-electron chi connectivity index (χ1n) is 9.06. The van der Waals surface area contributed by atoms with Gasteiger partial charge in [-0.15, -0.1) is 10.2 Å². The third-order valence-electron chi connectivity index (χ3n) is 4.94. The summed E-state index contributed by atoms with van der Waals surface area (Å²) in [5.74, 6) is 0.389. The maximum absolute atomic E-state index is 12.6. The second-order valence-electron chi connectivity index (χ2n) is 7.36. The number of nitrogens with one attached hydrogen (secondary N) is 1. The van der Waals surface area contributed by atoms with Crippen molar-refractivity contribution in [3.63, 3.8) is 0 Å². The summed E-state index contributed by atoms with van der Waals surface area (Å²) in [6, 6.07) is 7.99. The average molecular weight is 370 g/mol. The van der Waals surface area contributed by atoms with Gasteiger partial charge in [0.05, 0.1) is 5.92 Å². The highest BCUT2D eigenvalue weighted by atomic mass is 32.1. The molecule has 0 spiro atoms. The molecule has 1 atom stereocenters. The van der Waals surface area contributed by atoms with Gasteiger partial charge in [0.2, 0.25) is 16.9 Å². The average Bonchev–Trinajstić information content (AvgIpc) is 3.25. The molecular weight excluding hydrogens is 348 g/mol. The van der Waals surface area contributed by atoms with Gasteiger partial charge in [0, 0.05) is 24.6 Å². The first-order valence-corrected chi connectivity index (χ1v) is 9.87. The SMILES string of the molecule is CC(C)c1cccc(N2CC(C(=O)Nc3nnc(C4CC4)s3)CC2=O)c1. The van der Waals surface area contributed by atoms with Gasteiger partial charge < -0.3 is 10.2 Å². The summed E-state index contributed by atoms with van der Waals surface area (Å²) in [6.07, 6.45) is 2.54. The molecule has 1 aromatic carbocycles. The van der Waals surface area contributed by atoms with Gasteiger partial charge in [-0.25, -0.2) is 0 Å². The zero-order valence-electron chi connectivity index (χ0n) is 14.9. The lowest BCUT2D eigenvalue weighted by atomic mass is 10.0. The van der Waals surface area contributed by atoms with Crippen molar-refractivity contribution in [2.45, 2.75) is 44.9 Å². The van der Waals surface area contributed by atoms with Crippen molar-refractivity contribution in [3.8, 4) is 0 Å². The van der Waals surface area contributed by atoms with E-state index in [9.17, 15) is 9.59 Å². The fraction of sp³-hybridized carbons (Fsp3) is 0.474. The van der Waals surface area contributed by atoms with E-state index in [4.69, 9.17) is 0 Å². The first kappa shape index (κ1) is 17.1. The molecule has 136 valence electrons. The Hall–Kier alpha value is -2.28. The molecule has 26 heavy (non-hydrogen) atoms. The van der Waals surface area contributed by atoms with E-state index in [0.717, 1.165) is 23.5 Å². The molecule has 1 aliphatic carbocycles. The molecule has 2 aliphatic rings. The number of carbonyl (C=O) groups is 2. The molecule has 1 aromatic heterocycles. The molecule has 6 nitrogen and oxygen atoms in total. The highest BCUT2D eigenvalue weighted by Gasteiger charge is 2.36. The van der Waals surface area contributed by atoms with Gasteiger partial charge in [-0.05, 0) is 36.5 Å². The lowest BCUT2D eigenvalue weighted by Gasteiger charge is -2.18. The fourth-order valence-electron chi connectivity index (χ4n) is 3.17. The molecule has 0 bridgehead atoms. The quantitative estimate of drug-likeness (QED) is 0.874. The van der Waals surface area contributed by atoms with Crippen molar-refractivity contribution < 1.29 is 9.59 Å². The van der Waals surface area contributed by atoms with E-state index in [1.54, 1.807) is 4.90 Å². The van der Waals surface area contributed by atoms with Crippen LogP contribution in [0.15, 0.2) is 24.3 Å². The Morgan fingerprint density at radius 3 is 2.85 bits per heavy atom. The number of rotatable bonds is 5. The largest absolute Gasteiger partial charge is 0.312 e. The molecule has 2 fully saturated rings. The topological polar surface area (TPSA) is 75.2 Å². The van der Waals surface area contributed by atoms with Crippen molar-refractivity contribution in [3.05, 3.63) is 34.8 Å². The van der Waals surface area contributed by atoms with E-state index < -0.39 is 0 Å². The van der Waals surface area contributed by atoms with Crippen LogP contribution < -0.4 is 10.2 Å². The van der Waals surface area contributed by atoms with E-state index >= 15 is 0 Å². The van der Waals surface area contributed by atoms with Crippen molar-refractivity contribution in [2.24, 2.45) is 5.92 Å². The number of aromatic nitrogens is 2. The van der Waals surface area contributed by atoms with Crippen LogP contribution in [0.1, 0.15) is 55.5 Å². The maximum Gasteiger partial charge on any atom is 0.231 e. The van der Waals surface area contributed by atoms with Crippen LogP contribution in [0.25, 0.3) is 0 Å². The second-order valence-corrected chi connectivity index (χ2v) is 8.37. The Morgan fingerprint density at radius 1 is 1.31 bits per heavy atom. The summed E-state index contributed by atoms with van der Waals surface area (Å²) < 4.78 is 0. The third kappa shape index (κ3) is 3.49. The smallest absolute Gasteiger partial charge is 0.231 e. The number of amides is 2. The van der Waals surface area contributed by atoms with Crippen molar-refractivity contribution in [1.82, 2.24) is 10.2 Å². The number of hydrogen-bond acceptors (Lipinski definition) is 5. The zero-order chi connectivity index (χ0) is 18.3. The van der Waals surface area contributed by atoms with Crippen molar-refractivity contribution >= 4 is 34.0 Å². The Labute approximate surface area is 156 Å². The third-order valence-corrected chi connectivity index (χ3v) is 5.94. The molecule has 1 aliphatic heterocycles. The molecule has 1 unspecified atom stereocenters. The van der Waals surface area contributed by atoms with Gasteiger partial charge >= 0.3 is 0 Å². The molecule has 4 rings (SSSR count). The lowest BCUT2D eigenvalue weighted by molar-refractivity contribution is -0.122. The number of nitrogens with zero attached hydrogens (tertiary/aromatic N) is 3. The monoisotopic (exact) mass is 370 g/mol. The van der Waals surface area contributed by atoms with Crippen LogP contribution in [0.2, 0.25) is 0 Å². The molecule has 2 aromatic rings. The minimum atomic E-state index is -0.363. The van der Waals surface area contributed by atoms with E-state index in [2.05, 4.69) is 35.4 Å². The Bertz CT molecular complexity index is 844. The van der Waals surface area contributed by atoms with E-state index in [0.29, 0.717) is 23.5 Å². The lowest BCUT2D eigenvalue weighted by Crippen LogP contribution is -2.28. The summed E-state index contributed by atoms with van der Waals surface area (Å²) in [5, 5.41) is 12.6. The van der Waals surface area contributed by atoms with Crippen LogP contribution in [-0.2, 0) is 9.59 Å². The number of anilines is 2. The molecule has 2 amide bonds. The number of carbonyl (C=O) groups excluding carboxylic acids is 2. The van der Waals surface area contributed by atoms with Gasteiger partial charge in [0.25, 0.3) is 0 Å².